The second-order valence-corrected chi connectivity index (χ2v) is 5.54. The molecule has 23 heavy (non-hydrogen) atoms. The Kier molecular flexibility index (Phi) is 9.01. The van der Waals surface area contributed by atoms with Gasteiger partial charge in [-0.25, -0.2) is 0 Å². The molecule has 0 heterocycles. The Morgan fingerprint density at radius 2 is 1.96 bits per heavy atom. The van der Waals surface area contributed by atoms with Gasteiger partial charge in [-0.2, -0.15) is 0 Å². The lowest BCUT2D eigenvalue weighted by Gasteiger charge is -2.16. The monoisotopic (exact) mass is 339 g/mol. The second kappa shape index (κ2) is 10.8. The number of unbranched alkanes of at least 4 members (excludes halogenated alkanes) is 1. The van der Waals surface area contributed by atoms with Crippen LogP contribution >= 0.6 is 12.2 Å². The summed E-state index contributed by atoms with van der Waals surface area (Å²) in [7, 11) is 1.62. The van der Waals surface area contributed by atoms with Gasteiger partial charge in [0.1, 0.15) is 5.75 Å². The van der Waals surface area contributed by atoms with Crippen LogP contribution < -0.4 is 20.9 Å². The molecule has 0 bridgehead atoms. The van der Waals surface area contributed by atoms with Gasteiger partial charge in [-0.15, -0.1) is 0 Å². The molecule has 0 unspecified atom stereocenters. The first kappa shape index (κ1) is 19.2. The van der Waals surface area contributed by atoms with Crippen LogP contribution in [0.1, 0.15) is 37.0 Å². The van der Waals surface area contributed by atoms with Crippen LogP contribution in [0.4, 0.5) is 0 Å². The first-order valence-corrected chi connectivity index (χ1v) is 8.06. The first-order chi connectivity index (χ1) is 11.1. The summed E-state index contributed by atoms with van der Waals surface area (Å²) in [6.45, 7) is 5.24. The van der Waals surface area contributed by atoms with Crippen molar-refractivity contribution in [2.75, 3.05) is 20.3 Å². The number of thiocarbonyl (C=S) groups is 1. The standard InChI is InChI=1S/C16H25N3O3S/c1-4-5-10-22-14-8-6-13(7-9-14)15(20)18-19-16(23)17-12(2)11-21-3/h6-9,12H,4-5,10-11H2,1-3H3,(H,18,20)(H2,17,19,23)/t12-/m0/s1. The van der Waals surface area contributed by atoms with Crippen molar-refractivity contribution < 1.29 is 14.3 Å². The van der Waals surface area contributed by atoms with E-state index in [4.69, 9.17) is 21.7 Å². The summed E-state index contributed by atoms with van der Waals surface area (Å²) in [5.74, 6) is 0.488. The number of carbonyl (C=O) groups excluding carboxylic acids is 1. The van der Waals surface area contributed by atoms with Gasteiger partial charge in [0.05, 0.1) is 13.2 Å². The number of hydrogen-bond donors (Lipinski definition) is 3. The lowest BCUT2D eigenvalue weighted by atomic mass is 10.2. The highest BCUT2D eigenvalue weighted by Gasteiger charge is 2.07. The van der Waals surface area contributed by atoms with E-state index in [9.17, 15) is 4.79 Å². The minimum Gasteiger partial charge on any atom is -0.494 e. The van der Waals surface area contributed by atoms with E-state index in [0.29, 0.717) is 23.9 Å². The minimum atomic E-state index is -0.270. The number of methoxy groups -OCH3 is 1. The van der Waals surface area contributed by atoms with Gasteiger partial charge in [0.15, 0.2) is 5.11 Å². The third kappa shape index (κ3) is 7.80. The van der Waals surface area contributed by atoms with Crippen molar-refractivity contribution in [2.45, 2.75) is 32.7 Å². The van der Waals surface area contributed by atoms with E-state index in [-0.39, 0.29) is 11.9 Å². The molecule has 7 heteroatoms. The van der Waals surface area contributed by atoms with E-state index in [1.165, 1.54) is 0 Å². The van der Waals surface area contributed by atoms with Gasteiger partial charge in [0.25, 0.3) is 5.91 Å². The van der Waals surface area contributed by atoms with Gasteiger partial charge in [-0.3, -0.25) is 15.6 Å². The number of nitrogens with one attached hydrogen (secondary N) is 3. The molecule has 0 spiro atoms. The number of hydrogen-bond acceptors (Lipinski definition) is 4. The Labute approximate surface area is 142 Å². The Morgan fingerprint density at radius 3 is 2.57 bits per heavy atom. The zero-order valence-corrected chi connectivity index (χ0v) is 14.7. The number of rotatable bonds is 8. The Bertz CT molecular complexity index is 494. The van der Waals surface area contributed by atoms with Crippen LogP contribution in [0.3, 0.4) is 0 Å². The van der Waals surface area contributed by atoms with Crippen molar-refractivity contribution in [1.29, 1.82) is 0 Å². The molecule has 0 radical (unpaired) electrons. The topological polar surface area (TPSA) is 71.6 Å². The number of carbonyl (C=O) groups is 1. The van der Waals surface area contributed by atoms with E-state index in [1.807, 2.05) is 6.92 Å². The molecule has 1 amide bonds. The summed E-state index contributed by atoms with van der Waals surface area (Å²) in [4.78, 5) is 12.0. The zero-order valence-electron chi connectivity index (χ0n) is 13.8. The molecule has 6 nitrogen and oxygen atoms in total. The predicted molar refractivity (Wildman–Crippen MR) is 94.5 cm³/mol. The third-order valence-corrected chi connectivity index (χ3v) is 3.19. The van der Waals surface area contributed by atoms with E-state index in [1.54, 1.807) is 31.4 Å². The molecule has 128 valence electrons. The SMILES string of the molecule is CCCCOc1ccc(C(=O)NNC(=S)N[C@@H](C)COC)cc1. The van der Waals surface area contributed by atoms with Gasteiger partial charge in [-0.1, -0.05) is 13.3 Å². The molecule has 1 aromatic rings. The number of ether oxygens (including phenoxy) is 2. The molecule has 0 saturated carbocycles. The normalized spacial score (nSPS) is 11.4. The quantitative estimate of drug-likeness (QED) is 0.382. The maximum atomic E-state index is 12.0. The maximum Gasteiger partial charge on any atom is 0.269 e. The molecular weight excluding hydrogens is 314 g/mol. The van der Waals surface area contributed by atoms with Gasteiger partial charge >= 0.3 is 0 Å². The highest BCUT2D eigenvalue weighted by Crippen LogP contribution is 2.12. The van der Waals surface area contributed by atoms with Crippen molar-refractivity contribution in [2.24, 2.45) is 0 Å². The van der Waals surface area contributed by atoms with Crippen LogP contribution in [0.15, 0.2) is 24.3 Å². The van der Waals surface area contributed by atoms with Gasteiger partial charge in [0.2, 0.25) is 0 Å². The summed E-state index contributed by atoms with van der Waals surface area (Å²) in [5, 5.41) is 3.32. The van der Waals surface area contributed by atoms with E-state index in [2.05, 4.69) is 23.1 Å². The van der Waals surface area contributed by atoms with Crippen molar-refractivity contribution >= 4 is 23.2 Å². The maximum absolute atomic E-state index is 12.0. The Morgan fingerprint density at radius 1 is 1.26 bits per heavy atom. The first-order valence-electron chi connectivity index (χ1n) is 7.65. The highest BCUT2D eigenvalue weighted by atomic mass is 32.1. The molecule has 0 aliphatic heterocycles. The predicted octanol–water partition coefficient (Wildman–Crippen LogP) is 2.01. The molecule has 0 aliphatic carbocycles. The van der Waals surface area contributed by atoms with E-state index in [0.717, 1.165) is 18.6 Å². The average Bonchev–Trinajstić information content (AvgIpc) is 2.53. The largest absolute Gasteiger partial charge is 0.494 e. The van der Waals surface area contributed by atoms with Crippen molar-refractivity contribution in [3.63, 3.8) is 0 Å². The van der Waals surface area contributed by atoms with Crippen LogP contribution in [-0.2, 0) is 4.74 Å². The van der Waals surface area contributed by atoms with Gasteiger partial charge in [-0.05, 0) is 49.8 Å². The fourth-order valence-electron chi connectivity index (χ4n) is 1.77. The Balaban J connectivity index is 2.38. The van der Waals surface area contributed by atoms with Crippen LogP contribution in [0.25, 0.3) is 0 Å². The van der Waals surface area contributed by atoms with Crippen LogP contribution in [0, 0.1) is 0 Å². The smallest absolute Gasteiger partial charge is 0.269 e. The Hall–Kier alpha value is -1.86. The molecule has 0 saturated heterocycles. The summed E-state index contributed by atoms with van der Waals surface area (Å²) >= 11 is 5.08. The molecule has 0 aliphatic rings. The zero-order chi connectivity index (χ0) is 17.1. The fourth-order valence-corrected chi connectivity index (χ4v) is 2.03. The van der Waals surface area contributed by atoms with Crippen molar-refractivity contribution in [1.82, 2.24) is 16.2 Å². The minimum absolute atomic E-state index is 0.0523. The average molecular weight is 339 g/mol. The van der Waals surface area contributed by atoms with Crippen molar-refractivity contribution in [3.05, 3.63) is 29.8 Å². The van der Waals surface area contributed by atoms with E-state index < -0.39 is 0 Å². The molecule has 0 aromatic heterocycles. The summed E-state index contributed by atoms with van der Waals surface area (Å²) in [5.41, 5.74) is 5.73. The molecule has 1 aromatic carbocycles. The molecule has 0 fully saturated rings. The number of benzene rings is 1. The molecule has 3 N–H and O–H groups in total. The lowest BCUT2D eigenvalue weighted by Crippen LogP contribution is -2.49. The van der Waals surface area contributed by atoms with Crippen molar-refractivity contribution in [3.8, 4) is 5.75 Å². The van der Waals surface area contributed by atoms with Crippen LogP contribution in [0.5, 0.6) is 5.75 Å². The summed E-state index contributed by atoms with van der Waals surface area (Å²) in [6.07, 6.45) is 2.10. The molecule has 1 atom stereocenters. The van der Waals surface area contributed by atoms with E-state index >= 15 is 0 Å². The molecule has 1 rings (SSSR count). The van der Waals surface area contributed by atoms with Crippen LogP contribution in [0.2, 0.25) is 0 Å². The number of amides is 1. The lowest BCUT2D eigenvalue weighted by molar-refractivity contribution is 0.0943. The highest BCUT2D eigenvalue weighted by molar-refractivity contribution is 7.80. The fraction of sp³-hybridized carbons (Fsp3) is 0.500. The van der Waals surface area contributed by atoms with Gasteiger partial charge < -0.3 is 14.8 Å². The van der Waals surface area contributed by atoms with Crippen LogP contribution in [-0.4, -0.2) is 37.4 Å². The number of hydrazine groups is 1. The third-order valence-electron chi connectivity index (χ3n) is 2.97. The molecular formula is C16H25N3O3S. The summed E-state index contributed by atoms with van der Waals surface area (Å²) in [6, 6.07) is 7.03. The summed E-state index contributed by atoms with van der Waals surface area (Å²) < 4.78 is 10.6. The van der Waals surface area contributed by atoms with Gasteiger partial charge in [0, 0.05) is 18.7 Å². The second-order valence-electron chi connectivity index (χ2n) is 5.14.